The van der Waals surface area contributed by atoms with Crippen molar-refractivity contribution in [3.63, 3.8) is 0 Å². The molecule has 1 fully saturated rings. The fourth-order valence-electron chi connectivity index (χ4n) is 4.19. The van der Waals surface area contributed by atoms with Gasteiger partial charge in [0.25, 0.3) is 5.91 Å². The molecule has 32 heavy (non-hydrogen) atoms. The third kappa shape index (κ3) is 3.80. The third-order valence-electron chi connectivity index (χ3n) is 6.33. The number of fused-ring (bicyclic) bond motifs is 1. The summed E-state index contributed by atoms with van der Waals surface area (Å²) in [6.07, 6.45) is 4.56. The lowest BCUT2D eigenvalue weighted by Crippen LogP contribution is -2.26. The number of anilines is 1. The molecule has 1 aliphatic heterocycles. The molecule has 1 saturated carbocycles. The van der Waals surface area contributed by atoms with Gasteiger partial charge in [-0.1, -0.05) is 18.2 Å². The van der Waals surface area contributed by atoms with Gasteiger partial charge in [-0.15, -0.1) is 0 Å². The van der Waals surface area contributed by atoms with Gasteiger partial charge in [0.15, 0.2) is 5.78 Å². The molecule has 0 spiro atoms. The normalized spacial score (nSPS) is 15.9. The maximum Gasteiger partial charge on any atom is 0.251 e. The van der Waals surface area contributed by atoms with Crippen molar-refractivity contribution >= 4 is 17.5 Å². The van der Waals surface area contributed by atoms with E-state index in [-0.39, 0.29) is 23.6 Å². The number of benzene rings is 2. The largest absolute Gasteiger partial charge is 0.383 e. The average molecular weight is 430 g/mol. The molecule has 3 aromatic rings. The molecule has 1 aliphatic carbocycles. The van der Waals surface area contributed by atoms with Gasteiger partial charge in [0.1, 0.15) is 5.82 Å². The summed E-state index contributed by atoms with van der Waals surface area (Å²) in [7, 11) is 2.08. The minimum absolute atomic E-state index is 0.102. The number of likely N-dealkylation sites (N-methyl/N-ethyl adjacent to an activating group) is 1. The topological polar surface area (TPSA) is 93.2 Å². The summed E-state index contributed by atoms with van der Waals surface area (Å²) >= 11 is 0. The highest BCUT2D eigenvalue weighted by molar-refractivity contribution is 6.11. The van der Waals surface area contributed by atoms with Gasteiger partial charge < -0.3 is 16.0 Å². The Morgan fingerprint density at radius 3 is 2.66 bits per heavy atom. The zero-order valence-corrected chi connectivity index (χ0v) is 18.4. The van der Waals surface area contributed by atoms with Crippen LogP contribution in [0, 0.1) is 6.92 Å². The molecule has 0 atom stereocenters. The molecule has 2 aromatic carbocycles. The number of carbonyl (C=O) groups is 2. The fraction of sp³-hybridized carbons (Fsp3) is 0.320. The van der Waals surface area contributed by atoms with Gasteiger partial charge in [0, 0.05) is 30.3 Å². The number of carbonyl (C=O) groups excluding carboxylic acids is 2. The molecule has 3 N–H and O–H groups in total. The van der Waals surface area contributed by atoms with Crippen LogP contribution in [0.25, 0.3) is 5.69 Å². The standard InChI is InChI=1S/C25H27N5O2/c1-15-3-4-18(25(32)28-20-7-8-20)12-22(15)30-24(26)21(13-27-30)23(31)17-6-5-16-9-10-29(2)14-19(16)11-17/h3-6,11-13,20H,7-10,14,26H2,1-2H3,(H,28,32). The molecular formula is C25H27N5O2. The zero-order chi connectivity index (χ0) is 22.4. The quantitative estimate of drug-likeness (QED) is 0.609. The molecule has 0 unspecified atom stereocenters. The Hall–Kier alpha value is -3.45. The number of hydrogen-bond acceptors (Lipinski definition) is 5. The Bertz CT molecular complexity index is 1230. The number of hydrogen-bond donors (Lipinski definition) is 2. The second-order valence-corrected chi connectivity index (χ2v) is 8.90. The number of nitrogen functional groups attached to an aromatic ring is 1. The second kappa shape index (κ2) is 7.91. The van der Waals surface area contributed by atoms with Crippen molar-refractivity contribution in [1.82, 2.24) is 20.0 Å². The van der Waals surface area contributed by atoms with Crippen LogP contribution in [0.5, 0.6) is 0 Å². The van der Waals surface area contributed by atoms with Gasteiger partial charge in [-0.3, -0.25) is 9.59 Å². The van der Waals surface area contributed by atoms with Crippen molar-refractivity contribution in [3.05, 3.63) is 76.0 Å². The van der Waals surface area contributed by atoms with E-state index in [1.165, 1.54) is 17.3 Å². The SMILES string of the molecule is Cc1ccc(C(=O)NC2CC2)cc1-n1ncc(C(=O)c2ccc3c(c2)CN(C)CC3)c1N. The maximum absolute atomic E-state index is 13.3. The van der Waals surface area contributed by atoms with Gasteiger partial charge in [-0.25, -0.2) is 4.68 Å². The van der Waals surface area contributed by atoms with Crippen LogP contribution in [-0.2, 0) is 13.0 Å². The molecule has 0 saturated heterocycles. The van der Waals surface area contributed by atoms with Crippen LogP contribution < -0.4 is 11.1 Å². The molecule has 1 aromatic heterocycles. The Labute approximate surface area is 187 Å². The Kier molecular flexibility index (Phi) is 5.06. The van der Waals surface area contributed by atoms with Crippen LogP contribution in [0.4, 0.5) is 5.82 Å². The van der Waals surface area contributed by atoms with Crippen LogP contribution in [0.15, 0.2) is 42.6 Å². The number of aromatic nitrogens is 2. The highest BCUT2D eigenvalue weighted by atomic mass is 16.1. The number of nitrogens with zero attached hydrogens (tertiary/aromatic N) is 3. The summed E-state index contributed by atoms with van der Waals surface area (Å²) in [5.41, 5.74) is 12.0. The van der Waals surface area contributed by atoms with E-state index in [9.17, 15) is 9.59 Å². The van der Waals surface area contributed by atoms with Crippen molar-refractivity contribution < 1.29 is 9.59 Å². The minimum atomic E-state index is -0.148. The first kappa shape index (κ1) is 20.5. The highest BCUT2D eigenvalue weighted by Gasteiger charge is 2.25. The van der Waals surface area contributed by atoms with Crippen molar-refractivity contribution in [1.29, 1.82) is 0 Å². The summed E-state index contributed by atoms with van der Waals surface area (Å²) in [4.78, 5) is 28.0. The van der Waals surface area contributed by atoms with E-state index in [0.717, 1.165) is 37.9 Å². The van der Waals surface area contributed by atoms with Crippen LogP contribution in [0.1, 0.15) is 55.8 Å². The predicted octanol–water partition coefficient (Wildman–Crippen LogP) is 2.87. The highest BCUT2D eigenvalue weighted by Crippen LogP contribution is 2.26. The molecule has 1 amide bonds. The molecule has 7 nitrogen and oxygen atoms in total. The van der Waals surface area contributed by atoms with Gasteiger partial charge in [0.05, 0.1) is 17.4 Å². The van der Waals surface area contributed by atoms with Crippen LogP contribution >= 0.6 is 0 Å². The van der Waals surface area contributed by atoms with Crippen LogP contribution in [0.3, 0.4) is 0 Å². The van der Waals surface area contributed by atoms with Crippen molar-refractivity contribution in [2.75, 3.05) is 19.3 Å². The number of aryl methyl sites for hydroxylation is 1. The monoisotopic (exact) mass is 429 g/mol. The molecule has 7 heteroatoms. The number of ketones is 1. The molecular weight excluding hydrogens is 402 g/mol. The van der Waals surface area contributed by atoms with E-state index in [0.29, 0.717) is 22.4 Å². The van der Waals surface area contributed by atoms with E-state index in [1.807, 2.05) is 31.2 Å². The predicted molar refractivity (Wildman–Crippen MR) is 123 cm³/mol. The number of amides is 1. The Morgan fingerprint density at radius 1 is 1.09 bits per heavy atom. The number of rotatable bonds is 5. The number of nitrogens with two attached hydrogens (primary N) is 1. The maximum atomic E-state index is 13.3. The molecule has 0 radical (unpaired) electrons. The summed E-state index contributed by atoms with van der Waals surface area (Å²) in [6, 6.07) is 11.6. The minimum Gasteiger partial charge on any atom is -0.383 e. The average Bonchev–Trinajstić information content (AvgIpc) is 3.52. The third-order valence-corrected chi connectivity index (χ3v) is 6.33. The first-order chi connectivity index (χ1) is 15.4. The summed E-state index contributed by atoms with van der Waals surface area (Å²) in [6.45, 7) is 3.79. The van der Waals surface area contributed by atoms with Crippen molar-refractivity contribution in [2.45, 2.75) is 38.8 Å². The van der Waals surface area contributed by atoms with E-state index >= 15 is 0 Å². The molecule has 2 heterocycles. The summed E-state index contributed by atoms with van der Waals surface area (Å²) in [5.74, 6) is 0.0209. The molecule has 2 aliphatic rings. The van der Waals surface area contributed by atoms with Gasteiger partial charge in [0.2, 0.25) is 0 Å². The van der Waals surface area contributed by atoms with Crippen LogP contribution in [-0.4, -0.2) is 46.0 Å². The van der Waals surface area contributed by atoms with E-state index in [4.69, 9.17) is 5.73 Å². The van der Waals surface area contributed by atoms with E-state index in [1.54, 1.807) is 16.8 Å². The second-order valence-electron chi connectivity index (χ2n) is 8.90. The smallest absolute Gasteiger partial charge is 0.251 e. The Balaban J connectivity index is 1.45. The van der Waals surface area contributed by atoms with Crippen molar-refractivity contribution in [2.24, 2.45) is 0 Å². The lowest BCUT2D eigenvalue weighted by Gasteiger charge is -2.25. The first-order valence-electron chi connectivity index (χ1n) is 11.0. The fourth-order valence-corrected chi connectivity index (χ4v) is 4.19. The lowest BCUT2D eigenvalue weighted by atomic mass is 9.95. The Morgan fingerprint density at radius 2 is 1.88 bits per heavy atom. The van der Waals surface area contributed by atoms with Crippen molar-refractivity contribution in [3.8, 4) is 5.69 Å². The van der Waals surface area contributed by atoms with Gasteiger partial charge >= 0.3 is 0 Å². The van der Waals surface area contributed by atoms with Gasteiger partial charge in [-0.05, 0) is 68.1 Å². The first-order valence-corrected chi connectivity index (χ1v) is 11.0. The van der Waals surface area contributed by atoms with Gasteiger partial charge in [-0.2, -0.15) is 5.10 Å². The van der Waals surface area contributed by atoms with E-state index < -0.39 is 0 Å². The molecule has 0 bridgehead atoms. The summed E-state index contributed by atoms with van der Waals surface area (Å²) in [5, 5.41) is 7.40. The van der Waals surface area contributed by atoms with E-state index in [2.05, 4.69) is 22.4 Å². The molecule has 5 rings (SSSR count). The zero-order valence-electron chi connectivity index (χ0n) is 18.4. The molecule has 164 valence electrons. The number of nitrogens with one attached hydrogen (secondary N) is 1. The lowest BCUT2D eigenvalue weighted by molar-refractivity contribution is 0.0950. The van der Waals surface area contributed by atoms with Crippen LogP contribution in [0.2, 0.25) is 0 Å². The summed E-state index contributed by atoms with van der Waals surface area (Å²) < 4.78 is 1.54.